The van der Waals surface area contributed by atoms with Crippen LogP contribution in [0.4, 0.5) is 5.69 Å². The summed E-state index contributed by atoms with van der Waals surface area (Å²) in [6.45, 7) is 16.4. The summed E-state index contributed by atoms with van der Waals surface area (Å²) in [5.74, 6) is 1.10. The van der Waals surface area contributed by atoms with Crippen LogP contribution >= 0.6 is 0 Å². The van der Waals surface area contributed by atoms with Gasteiger partial charge < -0.3 is 31.3 Å². The van der Waals surface area contributed by atoms with Crippen molar-refractivity contribution in [2.75, 3.05) is 45.7 Å². The summed E-state index contributed by atoms with van der Waals surface area (Å²) in [5, 5.41) is 9.26. The van der Waals surface area contributed by atoms with Gasteiger partial charge in [0.1, 0.15) is 23.1 Å². The number of benzene rings is 1. The molecule has 1 saturated heterocycles. The van der Waals surface area contributed by atoms with Gasteiger partial charge in [0.05, 0.1) is 19.4 Å². The van der Waals surface area contributed by atoms with Crippen molar-refractivity contribution in [1.29, 1.82) is 0 Å². The molecule has 11 heteroatoms. The molecule has 2 aliphatic rings. The monoisotopic (exact) mass is 547 g/mol. The minimum Gasteiger partial charge on any atom is -0.383 e. The largest absolute Gasteiger partial charge is 0.383 e. The zero-order chi connectivity index (χ0) is 29.4. The molecule has 0 atom stereocenters. The SMILES string of the molecule is C=C/N=C1/C=NC(N2CCOCC2)=N/C1=C(/N)Nc1cc(C(=O)N/C(=C/C(=N\C)C(C)(C)C)NC)cc(C)c1C. The molecule has 0 spiro atoms. The Kier molecular flexibility index (Phi) is 10.0. The second-order valence-electron chi connectivity index (χ2n) is 10.4. The summed E-state index contributed by atoms with van der Waals surface area (Å²) >= 11 is 0. The minimum atomic E-state index is -0.270. The van der Waals surface area contributed by atoms with E-state index in [2.05, 4.69) is 58.3 Å². The second kappa shape index (κ2) is 13.2. The van der Waals surface area contributed by atoms with Crippen molar-refractivity contribution in [3.8, 4) is 0 Å². The van der Waals surface area contributed by atoms with Crippen molar-refractivity contribution in [2.45, 2.75) is 34.6 Å². The Morgan fingerprint density at radius 1 is 1.23 bits per heavy atom. The van der Waals surface area contributed by atoms with E-state index >= 15 is 0 Å². The number of hydrogen-bond donors (Lipinski definition) is 4. The number of nitrogens with one attached hydrogen (secondary N) is 3. The number of guanidine groups is 1. The third-order valence-electron chi connectivity index (χ3n) is 6.54. The van der Waals surface area contributed by atoms with Crippen molar-refractivity contribution in [3.05, 3.63) is 65.0 Å². The van der Waals surface area contributed by atoms with E-state index in [9.17, 15) is 4.79 Å². The summed E-state index contributed by atoms with van der Waals surface area (Å²) in [4.78, 5) is 33.2. The smallest absolute Gasteiger partial charge is 0.256 e. The fourth-order valence-corrected chi connectivity index (χ4v) is 4.12. The number of carbonyl (C=O) groups is 1. The first kappa shape index (κ1) is 30.3. The predicted molar refractivity (Wildman–Crippen MR) is 164 cm³/mol. The van der Waals surface area contributed by atoms with Gasteiger partial charge in [0.15, 0.2) is 0 Å². The number of aryl methyl sites for hydroxylation is 1. The lowest BCUT2D eigenvalue weighted by molar-refractivity contribution is 0.0676. The van der Waals surface area contributed by atoms with Crippen LogP contribution in [0.1, 0.15) is 42.3 Å². The van der Waals surface area contributed by atoms with Crippen LogP contribution in [0, 0.1) is 19.3 Å². The highest BCUT2D eigenvalue weighted by Gasteiger charge is 2.22. The molecule has 2 heterocycles. The first-order chi connectivity index (χ1) is 19.0. The van der Waals surface area contributed by atoms with E-state index in [1.165, 1.54) is 6.20 Å². The van der Waals surface area contributed by atoms with Crippen LogP contribution in [0.3, 0.4) is 0 Å². The lowest BCUT2D eigenvalue weighted by Gasteiger charge is -2.29. The van der Waals surface area contributed by atoms with Crippen molar-refractivity contribution in [1.82, 2.24) is 15.5 Å². The van der Waals surface area contributed by atoms with Crippen LogP contribution < -0.4 is 21.7 Å². The lowest BCUT2D eigenvalue weighted by atomic mass is 9.89. The van der Waals surface area contributed by atoms with E-state index in [0.717, 1.165) is 16.8 Å². The second-order valence-corrected chi connectivity index (χ2v) is 10.4. The zero-order valence-electron chi connectivity index (χ0n) is 24.6. The van der Waals surface area contributed by atoms with Crippen LogP contribution in [0.15, 0.2) is 68.3 Å². The van der Waals surface area contributed by atoms with Gasteiger partial charge in [-0.2, -0.15) is 0 Å². The molecule has 11 nitrogen and oxygen atoms in total. The third kappa shape index (κ3) is 7.44. The fourth-order valence-electron chi connectivity index (χ4n) is 4.12. The zero-order valence-corrected chi connectivity index (χ0v) is 24.6. The molecule has 1 aromatic rings. The number of hydrogen-bond acceptors (Lipinski definition) is 10. The topological polar surface area (TPSA) is 141 Å². The summed E-state index contributed by atoms with van der Waals surface area (Å²) < 4.78 is 5.45. The number of allylic oxidation sites excluding steroid dienone is 2. The minimum absolute atomic E-state index is 0.175. The average Bonchev–Trinajstić information content (AvgIpc) is 2.93. The fraction of sp³-hybridized carbons (Fsp3) is 0.414. The Labute approximate surface area is 236 Å². The standard InChI is InChI=1S/C29H41N9O2/c1-9-33-22-17-34-28(38-10-12-40-13-11-38)37-25(22)26(30)35-21-15-20(14-18(2)19(21)3)27(39)36-24(32-8)16-23(31-7)29(4,5)6/h9,14-17,32,35H,1,10-13,30H2,2-8H3,(H,36,39)/b24-16+,26-25-,31-23+,33-22-. The molecule has 3 rings (SSSR count). The quantitative estimate of drug-likeness (QED) is 0.387. The van der Waals surface area contributed by atoms with Crippen molar-refractivity contribution in [2.24, 2.45) is 31.1 Å². The first-order valence-corrected chi connectivity index (χ1v) is 13.2. The molecule has 1 aromatic carbocycles. The summed E-state index contributed by atoms with van der Waals surface area (Å²) in [6, 6.07) is 3.61. The molecule has 1 fully saturated rings. The van der Waals surface area contributed by atoms with Gasteiger partial charge in [-0.25, -0.2) is 9.98 Å². The Bertz CT molecular complexity index is 1320. The Morgan fingerprint density at radius 3 is 2.52 bits per heavy atom. The summed E-state index contributed by atoms with van der Waals surface area (Å²) in [7, 11) is 3.49. The van der Waals surface area contributed by atoms with Crippen molar-refractivity contribution < 1.29 is 9.53 Å². The van der Waals surface area contributed by atoms with E-state index in [4.69, 9.17) is 15.5 Å². The molecule has 0 aliphatic carbocycles. The van der Waals surface area contributed by atoms with Gasteiger partial charge >= 0.3 is 0 Å². The Hall–Kier alpha value is -4.25. The number of rotatable bonds is 7. The summed E-state index contributed by atoms with van der Waals surface area (Å²) in [5.41, 5.74) is 11.2. The predicted octanol–water partition coefficient (Wildman–Crippen LogP) is 3.11. The van der Waals surface area contributed by atoms with Crippen LogP contribution in [-0.2, 0) is 4.74 Å². The molecule has 40 heavy (non-hydrogen) atoms. The van der Waals surface area contributed by atoms with E-state index in [-0.39, 0.29) is 17.1 Å². The maximum Gasteiger partial charge on any atom is 0.256 e. The highest BCUT2D eigenvalue weighted by molar-refractivity contribution is 6.41. The molecule has 214 valence electrons. The lowest BCUT2D eigenvalue weighted by Crippen LogP contribution is -2.41. The Morgan fingerprint density at radius 2 is 1.93 bits per heavy atom. The Balaban J connectivity index is 1.94. The van der Waals surface area contributed by atoms with Gasteiger partial charge in [0.25, 0.3) is 5.91 Å². The highest BCUT2D eigenvalue weighted by atomic mass is 16.5. The third-order valence-corrected chi connectivity index (χ3v) is 6.54. The molecular weight excluding hydrogens is 506 g/mol. The van der Waals surface area contributed by atoms with Crippen molar-refractivity contribution in [3.63, 3.8) is 0 Å². The van der Waals surface area contributed by atoms with Gasteiger partial charge in [-0.1, -0.05) is 27.4 Å². The normalized spacial score (nSPS) is 18.8. The number of amides is 1. The van der Waals surface area contributed by atoms with Crippen LogP contribution in [-0.4, -0.2) is 74.8 Å². The van der Waals surface area contributed by atoms with Gasteiger partial charge in [-0.05, 0) is 37.1 Å². The van der Waals surface area contributed by atoms with Gasteiger partial charge in [-0.3, -0.25) is 14.8 Å². The molecule has 0 aromatic heterocycles. The molecule has 5 N–H and O–H groups in total. The van der Waals surface area contributed by atoms with Gasteiger partial charge in [0, 0.05) is 61.8 Å². The molecule has 0 radical (unpaired) electrons. The number of carbonyl (C=O) groups excluding carboxylic acids is 1. The molecular formula is C29H41N9O2. The maximum atomic E-state index is 13.3. The first-order valence-electron chi connectivity index (χ1n) is 13.2. The van der Waals surface area contributed by atoms with E-state index in [1.54, 1.807) is 26.4 Å². The molecule has 1 amide bonds. The van der Waals surface area contributed by atoms with E-state index < -0.39 is 0 Å². The van der Waals surface area contributed by atoms with Crippen LogP contribution in [0.5, 0.6) is 0 Å². The number of morpholine rings is 1. The number of ether oxygens (including phenoxy) is 1. The molecule has 0 bridgehead atoms. The van der Waals surface area contributed by atoms with Gasteiger partial charge in [-0.15, -0.1) is 0 Å². The molecule has 0 saturated carbocycles. The summed E-state index contributed by atoms with van der Waals surface area (Å²) in [6.07, 6.45) is 4.89. The number of nitrogens with zero attached hydrogens (tertiary/aromatic N) is 5. The number of aliphatic imine (C=N–C) groups is 4. The van der Waals surface area contributed by atoms with Crippen LogP contribution in [0.25, 0.3) is 0 Å². The maximum absolute atomic E-state index is 13.3. The highest BCUT2D eigenvalue weighted by Crippen LogP contribution is 2.24. The van der Waals surface area contributed by atoms with E-state index in [1.807, 2.05) is 30.9 Å². The average molecular weight is 548 g/mol. The van der Waals surface area contributed by atoms with Crippen molar-refractivity contribution >= 4 is 35.2 Å². The molecule has 2 aliphatic heterocycles. The number of nitrogens with two attached hydrogens (primary N) is 1. The molecule has 0 unspecified atom stereocenters. The van der Waals surface area contributed by atoms with Crippen LogP contribution in [0.2, 0.25) is 0 Å². The number of anilines is 1. The van der Waals surface area contributed by atoms with Gasteiger partial charge in [0.2, 0.25) is 5.96 Å². The van der Waals surface area contributed by atoms with E-state index in [0.29, 0.717) is 60.7 Å².